The standard InChI is InChI=1S/C10H20ClNO3S/c1-9-2-4-10(8-13,5-3-9)12-16(14,15)7-6-11/h9,12-13H,2-8H2,1H3. The molecule has 16 heavy (non-hydrogen) atoms. The lowest BCUT2D eigenvalue weighted by Crippen LogP contribution is -2.53. The Kier molecular flexibility index (Phi) is 5.04. The first-order valence-corrected chi connectivity index (χ1v) is 7.80. The molecular weight excluding hydrogens is 250 g/mol. The molecule has 1 aliphatic carbocycles. The molecule has 1 fully saturated rings. The SMILES string of the molecule is CC1CCC(CO)(NS(=O)(=O)CCCl)CC1. The monoisotopic (exact) mass is 269 g/mol. The molecule has 96 valence electrons. The summed E-state index contributed by atoms with van der Waals surface area (Å²) in [6.07, 6.45) is 3.30. The first-order chi connectivity index (χ1) is 7.43. The molecule has 0 aromatic carbocycles. The number of aliphatic hydroxyl groups excluding tert-OH is 1. The van der Waals surface area contributed by atoms with E-state index in [1.807, 2.05) is 0 Å². The summed E-state index contributed by atoms with van der Waals surface area (Å²) >= 11 is 5.43. The molecule has 0 aliphatic heterocycles. The number of alkyl halides is 1. The highest BCUT2D eigenvalue weighted by Crippen LogP contribution is 2.32. The van der Waals surface area contributed by atoms with Crippen molar-refractivity contribution in [2.75, 3.05) is 18.2 Å². The highest BCUT2D eigenvalue weighted by molar-refractivity contribution is 7.89. The topological polar surface area (TPSA) is 66.4 Å². The van der Waals surface area contributed by atoms with Gasteiger partial charge in [-0.3, -0.25) is 0 Å². The zero-order chi connectivity index (χ0) is 12.2. The summed E-state index contributed by atoms with van der Waals surface area (Å²) in [5.41, 5.74) is -0.655. The van der Waals surface area contributed by atoms with E-state index < -0.39 is 15.6 Å². The minimum Gasteiger partial charge on any atom is -0.394 e. The van der Waals surface area contributed by atoms with E-state index in [0.717, 1.165) is 12.8 Å². The number of hydrogen-bond donors (Lipinski definition) is 2. The summed E-state index contributed by atoms with van der Waals surface area (Å²) in [4.78, 5) is 0. The van der Waals surface area contributed by atoms with Crippen molar-refractivity contribution in [2.45, 2.75) is 38.1 Å². The van der Waals surface area contributed by atoms with Crippen LogP contribution < -0.4 is 4.72 Å². The lowest BCUT2D eigenvalue weighted by molar-refractivity contribution is 0.125. The second-order valence-electron chi connectivity index (χ2n) is 4.73. The molecule has 0 bridgehead atoms. The third-order valence-corrected chi connectivity index (χ3v) is 5.15. The van der Waals surface area contributed by atoms with Crippen LogP contribution in [0.15, 0.2) is 0 Å². The van der Waals surface area contributed by atoms with Crippen LogP contribution in [0.3, 0.4) is 0 Å². The van der Waals surface area contributed by atoms with Crippen LogP contribution in [0, 0.1) is 5.92 Å². The van der Waals surface area contributed by atoms with Crippen molar-refractivity contribution in [3.63, 3.8) is 0 Å². The average Bonchev–Trinajstić information content (AvgIpc) is 2.21. The summed E-state index contributed by atoms with van der Waals surface area (Å²) in [6.45, 7) is 2.01. The second kappa shape index (κ2) is 5.67. The maximum absolute atomic E-state index is 11.6. The summed E-state index contributed by atoms with van der Waals surface area (Å²) in [6, 6.07) is 0. The van der Waals surface area contributed by atoms with Crippen molar-refractivity contribution in [2.24, 2.45) is 5.92 Å². The van der Waals surface area contributed by atoms with Gasteiger partial charge in [0.25, 0.3) is 0 Å². The third kappa shape index (κ3) is 3.87. The predicted octanol–water partition coefficient (Wildman–Crippen LogP) is 1.09. The van der Waals surface area contributed by atoms with Gasteiger partial charge in [0.15, 0.2) is 0 Å². The molecule has 0 saturated heterocycles. The van der Waals surface area contributed by atoms with Crippen molar-refractivity contribution < 1.29 is 13.5 Å². The van der Waals surface area contributed by atoms with Crippen molar-refractivity contribution in [1.29, 1.82) is 0 Å². The van der Waals surface area contributed by atoms with E-state index in [-0.39, 0.29) is 18.2 Å². The summed E-state index contributed by atoms with van der Waals surface area (Å²) < 4.78 is 25.9. The smallest absolute Gasteiger partial charge is 0.213 e. The van der Waals surface area contributed by atoms with Crippen LogP contribution >= 0.6 is 11.6 Å². The average molecular weight is 270 g/mol. The van der Waals surface area contributed by atoms with Gasteiger partial charge in [0.2, 0.25) is 10.0 Å². The van der Waals surface area contributed by atoms with Gasteiger partial charge >= 0.3 is 0 Å². The van der Waals surface area contributed by atoms with E-state index in [9.17, 15) is 13.5 Å². The Bertz CT molecular complexity index is 310. The summed E-state index contributed by atoms with van der Waals surface area (Å²) in [5.74, 6) is 0.594. The Hall–Kier alpha value is 0.160. The van der Waals surface area contributed by atoms with E-state index >= 15 is 0 Å². The number of sulfonamides is 1. The van der Waals surface area contributed by atoms with Crippen molar-refractivity contribution in [3.8, 4) is 0 Å². The minimum atomic E-state index is -3.36. The molecule has 6 heteroatoms. The van der Waals surface area contributed by atoms with E-state index in [4.69, 9.17) is 11.6 Å². The number of halogens is 1. The molecule has 1 saturated carbocycles. The molecule has 2 N–H and O–H groups in total. The number of hydrogen-bond acceptors (Lipinski definition) is 3. The lowest BCUT2D eigenvalue weighted by Gasteiger charge is -2.38. The molecule has 1 rings (SSSR count). The highest BCUT2D eigenvalue weighted by Gasteiger charge is 2.36. The van der Waals surface area contributed by atoms with Crippen LogP contribution in [0.4, 0.5) is 0 Å². The fourth-order valence-corrected chi connectivity index (χ4v) is 3.93. The molecule has 0 unspecified atom stereocenters. The van der Waals surface area contributed by atoms with Crippen LogP contribution in [0.1, 0.15) is 32.6 Å². The molecule has 0 atom stereocenters. The Morgan fingerprint density at radius 1 is 1.44 bits per heavy atom. The second-order valence-corrected chi connectivity index (χ2v) is 6.95. The van der Waals surface area contributed by atoms with Gasteiger partial charge in [0, 0.05) is 5.88 Å². The number of rotatable bonds is 5. The van der Waals surface area contributed by atoms with Gasteiger partial charge in [0.1, 0.15) is 0 Å². The fraction of sp³-hybridized carbons (Fsp3) is 1.00. The molecule has 0 amide bonds. The zero-order valence-electron chi connectivity index (χ0n) is 9.58. The van der Waals surface area contributed by atoms with Crippen molar-refractivity contribution in [1.82, 2.24) is 4.72 Å². The molecule has 0 spiro atoms. The van der Waals surface area contributed by atoms with Gasteiger partial charge in [-0.25, -0.2) is 13.1 Å². The van der Waals surface area contributed by atoms with Gasteiger partial charge in [-0.15, -0.1) is 11.6 Å². The highest BCUT2D eigenvalue weighted by atomic mass is 35.5. The summed E-state index contributed by atoms with van der Waals surface area (Å²) in [7, 11) is -3.36. The van der Waals surface area contributed by atoms with Crippen molar-refractivity contribution >= 4 is 21.6 Å². The molecule has 0 aromatic heterocycles. The van der Waals surface area contributed by atoms with Crippen LogP contribution in [-0.2, 0) is 10.0 Å². The normalized spacial score (nSPS) is 31.6. The van der Waals surface area contributed by atoms with Crippen molar-refractivity contribution in [3.05, 3.63) is 0 Å². The maximum atomic E-state index is 11.6. The first kappa shape index (κ1) is 14.2. The van der Waals surface area contributed by atoms with E-state index in [2.05, 4.69) is 11.6 Å². The molecule has 0 radical (unpaired) electrons. The maximum Gasteiger partial charge on any atom is 0.213 e. The Morgan fingerprint density at radius 2 is 2.00 bits per heavy atom. The summed E-state index contributed by atoms with van der Waals surface area (Å²) in [5, 5.41) is 9.40. The minimum absolute atomic E-state index is 0.0766. The Labute approximate surface area is 102 Å². The van der Waals surface area contributed by atoms with Gasteiger partial charge < -0.3 is 5.11 Å². The Balaban J connectivity index is 2.67. The Morgan fingerprint density at radius 3 is 2.44 bits per heavy atom. The van der Waals surface area contributed by atoms with E-state index in [0.29, 0.717) is 18.8 Å². The lowest BCUT2D eigenvalue weighted by atomic mass is 9.78. The van der Waals surface area contributed by atoms with Crippen LogP contribution in [0.2, 0.25) is 0 Å². The van der Waals surface area contributed by atoms with E-state index in [1.54, 1.807) is 0 Å². The number of nitrogens with one attached hydrogen (secondary N) is 1. The van der Waals surface area contributed by atoms with E-state index in [1.165, 1.54) is 0 Å². The molecule has 0 heterocycles. The largest absolute Gasteiger partial charge is 0.394 e. The van der Waals surface area contributed by atoms with Crippen LogP contribution in [0.5, 0.6) is 0 Å². The zero-order valence-corrected chi connectivity index (χ0v) is 11.1. The van der Waals surface area contributed by atoms with Crippen LogP contribution in [0.25, 0.3) is 0 Å². The predicted molar refractivity (Wildman–Crippen MR) is 65.1 cm³/mol. The molecule has 0 aromatic rings. The van der Waals surface area contributed by atoms with Crippen LogP contribution in [-0.4, -0.2) is 37.3 Å². The molecule has 1 aliphatic rings. The van der Waals surface area contributed by atoms with Gasteiger partial charge in [-0.1, -0.05) is 6.92 Å². The van der Waals surface area contributed by atoms with Gasteiger partial charge in [-0.2, -0.15) is 0 Å². The molecular formula is C10H20ClNO3S. The number of aliphatic hydroxyl groups is 1. The fourth-order valence-electron chi connectivity index (χ4n) is 2.09. The van der Waals surface area contributed by atoms with Gasteiger partial charge in [0.05, 0.1) is 17.9 Å². The molecule has 4 nitrogen and oxygen atoms in total. The third-order valence-electron chi connectivity index (χ3n) is 3.25. The quantitative estimate of drug-likeness (QED) is 0.734. The first-order valence-electron chi connectivity index (χ1n) is 5.61. The van der Waals surface area contributed by atoms with Gasteiger partial charge in [-0.05, 0) is 31.6 Å².